The van der Waals surface area contributed by atoms with Gasteiger partial charge in [0.25, 0.3) is 5.69 Å². The molecule has 1 aliphatic heterocycles. The topological polar surface area (TPSA) is 109 Å². The fourth-order valence-corrected chi connectivity index (χ4v) is 2.10. The normalized spacial score (nSPS) is 18.0. The molecule has 1 amide bonds. The second-order valence-electron chi connectivity index (χ2n) is 4.96. The van der Waals surface area contributed by atoms with Gasteiger partial charge in [0.15, 0.2) is 0 Å². The van der Waals surface area contributed by atoms with Gasteiger partial charge in [0.05, 0.1) is 17.1 Å². The minimum atomic E-state index is -0.438. The number of nitrogens with zero attached hydrogens (tertiary/aromatic N) is 2. The molecule has 8 nitrogen and oxygen atoms in total. The van der Waals surface area contributed by atoms with Gasteiger partial charge in [0.2, 0.25) is 5.91 Å². The predicted octanol–water partition coefficient (Wildman–Crippen LogP) is 1.50. The SMILES string of the molecule is CCCNc1cc([N+](=O)[O-])cc(NC2CCC(=O)NC2)n1. The summed E-state index contributed by atoms with van der Waals surface area (Å²) >= 11 is 0. The van der Waals surface area contributed by atoms with Crippen LogP contribution < -0.4 is 16.0 Å². The standard InChI is InChI=1S/C13H19N5O3/c1-2-5-14-11-6-10(18(20)21)7-12(17-11)16-9-3-4-13(19)15-8-9/h6-7,9H,2-5,8H2,1H3,(H,15,19)(H2,14,16,17). The van der Waals surface area contributed by atoms with Crippen LogP contribution >= 0.6 is 0 Å². The molecule has 0 bridgehead atoms. The molecular formula is C13H19N5O3. The van der Waals surface area contributed by atoms with Crippen molar-refractivity contribution in [3.8, 4) is 0 Å². The van der Waals surface area contributed by atoms with Crippen molar-refractivity contribution in [1.82, 2.24) is 10.3 Å². The Labute approximate surface area is 122 Å². The van der Waals surface area contributed by atoms with E-state index in [9.17, 15) is 14.9 Å². The maximum absolute atomic E-state index is 11.1. The summed E-state index contributed by atoms with van der Waals surface area (Å²) in [6.45, 7) is 3.21. The molecular weight excluding hydrogens is 274 g/mol. The lowest BCUT2D eigenvalue weighted by Gasteiger charge is -2.24. The summed E-state index contributed by atoms with van der Waals surface area (Å²) in [5, 5.41) is 19.9. The molecule has 1 atom stereocenters. The first kappa shape index (κ1) is 15.0. The monoisotopic (exact) mass is 293 g/mol. The van der Waals surface area contributed by atoms with E-state index in [-0.39, 0.29) is 17.6 Å². The average Bonchev–Trinajstić information content (AvgIpc) is 2.47. The highest BCUT2D eigenvalue weighted by Gasteiger charge is 2.19. The van der Waals surface area contributed by atoms with Gasteiger partial charge < -0.3 is 16.0 Å². The van der Waals surface area contributed by atoms with Gasteiger partial charge >= 0.3 is 0 Å². The molecule has 0 aliphatic carbocycles. The molecule has 1 aromatic rings. The van der Waals surface area contributed by atoms with Crippen molar-refractivity contribution in [2.45, 2.75) is 32.2 Å². The summed E-state index contributed by atoms with van der Waals surface area (Å²) in [4.78, 5) is 26.0. The molecule has 3 N–H and O–H groups in total. The molecule has 2 heterocycles. The number of rotatable bonds is 6. The minimum Gasteiger partial charge on any atom is -0.370 e. The van der Waals surface area contributed by atoms with Crippen LogP contribution in [0.3, 0.4) is 0 Å². The highest BCUT2D eigenvalue weighted by atomic mass is 16.6. The van der Waals surface area contributed by atoms with E-state index in [1.54, 1.807) is 0 Å². The van der Waals surface area contributed by atoms with Crippen molar-refractivity contribution in [2.24, 2.45) is 0 Å². The molecule has 21 heavy (non-hydrogen) atoms. The highest BCUT2D eigenvalue weighted by molar-refractivity contribution is 5.77. The largest absolute Gasteiger partial charge is 0.370 e. The van der Waals surface area contributed by atoms with Crippen molar-refractivity contribution < 1.29 is 9.72 Å². The molecule has 0 aromatic carbocycles. The number of hydrogen-bond acceptors (Lipinski definition) is 6. The van der Waals surface area contributed by atoms with E-state index in [1.165, 1.54) is 12.1 Å². The maximum Gasteiger partial charge on any atom is 0.276 e. The van der Waals surface area contributed by atoms with Gasteiger partial charge in [0, 0.05) is 25.6 Å². The minimum absolute atomic E-state index is 0.00838. The third-order valence-electron chi connectivity index (χ3n) is 3.19. The second kappa shape index (κ2) is 6.87. The van der Waals surface area contributed by atoms with E-state index in [1.807, 2.05) is 6.92 Å². The fourth-order valence-electron chi connectivity index (χ4n) is 2.10. The zero-order valence-electron chi connectivity index (χ0n) is 11.9. The summed E-state index contributed by atoms with van der Waals surface area (Å²) in [7, 11) is 0. The molecule has 1 fully saturated rings. The lowest BCUT2D eigenvalue weighted by molar-refractivity contribution is -0.384. The van der Waals surface area contributed by atoms with Crippen LogP contribution in [0.1, 0.15) is 26.2 Å². The van der Waals surface area contributed by atoms with Crippen LogP contribution in [-0.4, -0.2) is 34.9 Å². The van der Waals surface area contributed by atoms with Crippen LogP contribution in [0.25, 0.3) is 0 Å². The lowest BCUT2D eigenvalue weighted by atomic mass is 10.1. The molecule has 1 aliphatic rings. The highest BCUT2D eigenvalue weighted by Crippen LogP contribution is 2.22. The zero-order valence-corrected chi connectivity index (χ0v) is 11.9. The molecule has 114 valence electrons. The Morgan fingerprint density at radius 2 is 2.24 bits per heavy atom. The average molecular weight is 293 g/mol. The molecule has 1 saturated heterocycles. The molecule has 1 aromatic heterocycles. The zero-order chi connectivity index (χ0) is 15.2. The Hall–Kier alpha value is -2.38. The third-order valence-corrected chi connectivity index (χ3v) is 3.19. The van der Waals surface area contributed by atoms with Crippen molar-refractivity contribution in [3.05, 3.63) is 22.2 Å². The summed E-state index contributed by atoms with van der Waals surface area (Å²) in [5.41, 5.74) is -0.00838. The molecule has 8 heteroatoms. The van der Waals surface area contributed by atoms with Crippen LogP contribution in [0.4, 0.5) is 17.3 Å². The van der Waals surface area contributed by atoms with Gasteiger partial charge in [-0.15, -0.1) is 0 Å². The van der Waals surface area contributed by atoms with Crippen molar-refractivity contribution >= 4 is 23.2 Å². The quantitative estimate of drug-likeness (QED) is 0.541. The van der Waals surface area contributed by atoms with Gasteiger partial charge in [-0.05, 0) is 12.8 Å². The number of pyridine rings is 1. The number of carbonyl (C=O) groups excluding carboxylic acids is 1. The van der Waals surface area contributed by atoms with E-state index in [4.69, 9.17) is 0 Å². The van der Waals surface area contributed by atoms with E-state index in [0.717, 1.165) is 6.42 Å². The molecule has 0 spiro atoms. The maximum atomic E-state index is 11.1. The first-order valence-corrected chi connectivity index (χ1v) is 7.02. The van der Waals surface area contributed by atoms with Crippen LogP contribution in [-0.2, 0) is 4.79 Å². The predicted molar refractivity (Wildman–Crippen MR) is 79.3 cm³/mol. The van der Waals surface area contributed by atoms with E-state index in [0.29, 0.717) is 37.6 Å². The Bertz CT molecular complexity index is 525. The number of anilines is 2. The number of aromatic nitrogens is 1. The lowest BCUT2D eigenvalue weighted by Crippen LogP contribution is -2.42. The van der Waals surface area contributed by atoms with E-state index >= 15 is 0 Å². The Morgan fingerprint density at radius 3 is 2.86 bits per heavy atom. The van der Waals surface area contributed by atoms with Gasteiger partial charge in [0.1, 0.15) is 11.6 Å². The Balaban J connectivity index is 2.11. The van der Waals surface area contributed by atoms with E-state index in [2.05, 4.69) is 20.9 Å². The van der Waals surface area contributed by atoms with Gasteiger partial charge in [-0.25, -0.2) is 4.98 Å². The third kappa shape index (κ3) is 4.30. The molecule has 0 radical (unpaired) electrons. The van der Waals surface area contributed by atoms with Crippen LogP contribution in [0.5, 0.6) is 0 Å². The van der Waals surface area contributed by atoms with Crippen LogP contribution in [0.2, 0.25) is 0 Å². The van der Waals surface area contributed by atoms with Gasteiger partial charge in [-0.3, -0.25) is 14.9 Å². The number of piperidine rings is 1. The second-order valence-corrected chi connectivity index (χ2v) is 4.96. The molecule has 1 unspecified atom stereocenters. The van der Waals surface area contributed by atoms with Crippen molar-refractivity contribution in [3.63, 3.8) is 0 Å². The Kier molecular flexibility index (Phi) is 4.91. The molecule has 2 rings (SSSR count). The van der Waals surface area contributed by atoms with Crippen LogP contribution in [0.15, 0.2) is 12.1 Å². The number of hydrogen-bond donors (Lipinski definition) is 3. The van der Waals surface area contributed by atoms with Crippen LogP contribution in [0, 0.1) is 10.1 Å². The van der Waals surface area contributed by atoms with Crippen molar-refractivity contribution in [1.29, 1.82) is 0 Å². The Morgan fingerprint density at radius 1 is 1.48 bits per heavy atom. The first-order valence-electron chi connectivity index (χ1n) is 7.02. The number of carbonyl (C=O) groups is 1. The summed E-state index contributed by atoms with van der Waals surface area (Å²) < 4.78 is 0. The smallest absolute Gasteiger partial charge is 0.276 e. The number of nitro groups is 1. The van der Waals surface area contributed by atoms with Crippen molar-refractivity contribution in [2.75, 3.05) is 23.7 Å². The summed E-state index contributed by atoms with van der Waals surface area (Å²) in [5.74, 6) is 0.961. The first-order chi connectivity index (χ1) is 10.1. The van der Waals surface area contributed by atoms with Gasteiger partial charge in [-0.1, -0.05) is 6.92 Å². The number of nitrogens with one attached hydrogen (secondary N) is 3. The van der Waals surface area contributed by atoms with Gasteiger partial charge in [-0.2, -0.15) is 0 Å². The summed E-state index contributed by atoms with van der Waals surface area (Å²) in [6, 6.07) is 2.87. The molecule has 0 saturated carbocycles. The summed E-state index contributed by atoms with van der Waals surface area (Å²) in [6.07, 6.45) is 2.04. The van der Waals surface area contributed by atoms with E-state index < -0.39 is 4.92 Å². The fraction of sp³-hybridized carbons (Fsp3) is 0.538. The number of amides is 1.